The van der Waals surface area contributed by atoms with Crippen molar-refractivity contribution in [2.24, 2.45) is 10.8 Å². The van der Waals surface area contributed by atoms with Crippen LogP contribution in [0, 0.1) is 10.8 Å². The molecule has 0 aliphatic rings. The first kappa shape index (κ1) is 19.5. The molecule has 0 N–H and O–H groups in total. The average molecular weight is 318 g/mol. The summed E-state index contributed by atoms with van der Waals surface area (Å²) in [5.74, 6) is 0. The molecule has 23 heavy (non-hydrogen) atoms. The molecule has 0 aliphatic heterocycles. The summed E-state index contributed by atoms with van der Waals surface area (Å²) in [6.45, 7) is 15.8. The van der Waals surface area contributed by atoms with Gasteiger partial charge < -0.3 is 4.57 Å². The van der Waals surface area contributed by atoms with Gasteiger partial charge in [0.05, 0.1) is 0 Å². The van der Waals surface area contributed by atoms with E-state index in [9.17, 15) is 0 Å². The fourth-order valence-corrected chi connectivity index (χ4v) is 2.19. The van der Waals surface area contributed by atoms with Crippen LogP contribution in [0.25, 0.3) is 0 Å². The molecule has 3 nitrogen and oxygen atoms in total. The second-order valence-electron chi connectivity index (χ2n) is 8.66. The van der Waals surface area contributed by atoms with Crippen LogP contribution >= 0.6 is 0 Å². The molecule has 2 aromatic heterocycles. The number of aromatic nitrogens is 3. The highest BCUT2D eigenvalue weighted by Gasteiger charge is 2.09. The maximum atomic E-state index is 4.15. The fraction of sp³-hybridized carbons (Fsp3) is 0.650. The molecule has 2 aromatic rings. The summed E-state index contributed by atoms with van der Waals surface area (Å²) in [6, 6.07) is 6.11. The minimum atomic E-state index is 0.449. The van der Waals surface area contributed by atoms with Crippen LogP contribution in [0.3, 0.4) is 0 Å². The van der Waals surface area contributed by atoms with E-state index in [4.69, 9.17) is 0 Å². The number of rotatable bonds is 5. The average Bonchev–Trinajstić information content (AvgIpc) is 3.08. The molecular weight excluding hydrogens is 282 g/mol. The van der Waals surface area contributed by atoms with E-state index in [0.29, 0.717) is 10.8 Å². The molecule has 0 aromatic carbocycles. The largest absolute Gasteiger partial charge is 0.354 e. The Labute approximate surface area is 142 Å². The van der Waals surface area contributed by atoms with E-state index in [0.717, 1.165) is 13.1 Å². The van der Waals surface area contributed by atoms with Crippen LogP contribution in [-0.2, 0) is 13.1 Å². The van der Waals surface area contributed by atoms with E-state index < -0.39 is 0 Å². The lowest BCUT2D eigenvalue weighted by Crippen LogP contribution is -2.09. The zero-order valence-corrected chi connectivity index (χ0v) is 15.9. The van der Waals surface area contributed by atoms with Crippen LogP contribution in [0.5, 0.6) is 0 Å². The van der Waals surface area contributed by atoms with Gasteiger partial charge in [-0.2, -0.15) is 5.10 Å². The maximum Gasteiger partial charge on any atom is 0.0489 e. The minimum absolute atomic E-state index is 0.449. The van der Waals surface area contributed by atoms with E-state index in [1.54, 1.807) is 0 Å². The van der Waals surface area contributed by atoms with E-state index in [1.165, 1.54) is 19.3 Å². The molecule has 3 heteroatoms. The third kappa shape index (κ3) is 10.8. The normalized spacial score (nSPS) is 11.9. The first-order chi connectivity index (χ1) is 10.7. The van der Waals surface area contributed by atoms with Crippen molar-refractivity contribution in [3.8, 4) is 0 Å². The van der Waals surface area contributed by atoms with Crippen molar-refractivity contribution in [3.05, 3.63) is 43.0 Å². The molecular formula is C20H35N3. The molecule has 0 atom stereocenters. The van der Waals surface area contributed by atoms with E-state index in [1.807, 2.05) is 23.1 Å². The second-order valence-corrected chi connectivity index (χ2v) is 8.66. The van der Waals surface area contributed by atoms with Gasteiger partial charge >= 0.3 is 0 Å². The van der Waals surface area contributed by atoms with Crippen LogP contribution in [0.2, 0.25) is 0 Å². The standard InChI is InChI=1S/C10H18N2.C10H17N/c1-10(2,3)6-4-8-12-9-5-7-11-12;1-10(2,3)6-9-11-7-4-5-8-11/h5,7,9H,4,6,8H2,1-3H3;4-5,7-8H,6,9H2,1-3H3. The zero-order valence-electron chi connectivity index (χ0n) is 15.9. The molecule has 0 unspecified atom stereocenters. The molecule has 0 amide bonds. The second kappa shape index (κ2) is 8.95. The molecule has 0 spiro atoms. The molecule has 2 heterocycles. The van der Waals surface area contributed by atoms with E-state index in [-0.39, 0.29) is 0 Å². The minimum Gasteiger partial charge on any atom is -0.354 e. The van der Waals surface area contributed by atoms with Gasteiger partial charge in [0.2, 0.25) is 0 Å². The van der Waals surface area contributed by atoms with Crippen molar-refractivity contribution in [2.75, 3.05) is 0 Å². The topological polar surface area (TPSA) is 22.8 Å². The monoisotopic (exact) mass is 317 g/mol. The Balaban J connectivity index is 0.000000231. The van der Waals surface area contributed by atoms with Gasteiger partial charge in [0.25, 0.3) is 0 Å². The van der Waals surface area contributed by atoms with Crippen molar-refractivity contribution in [2.45, 2.75) is 73.9 Å². The Hall–Kier alpha value is -1.51. The molecule has 0 radical (unpaired) electrons. The highest BCUT2D eigenvalue weighted by molar-refractivity contribution is 4.90. The predicted molar refractivity (Wildman–Crippen MR) is 99.4 cm³/mol. The van der Waals surface area contributed by atoms with Crippen LogP contribution in [0.1, 0.15) is 60.8 Å². The highest BCUT2D eigenvalue weighted by Crippen LogP contribution is 2.20. The molecule has 0 saturated carbocycles. The summed E-state index contributed by atoms with van der Waals surface area (Å²) < 4.78 is 4.22. The van der Waals surface area contributed by atoms with E-state index in [2.05, 4.69) is 75.7 Å². The van der Waals surface area contributed by atoms with Crippen LogP contribution in [-0.4, -0.2) is 14.3 Å². The van der Waals surface area contributed by atoms with Gasteiger partial charge in [-0.25, -0.2) is 0 Å². The Morgan fingerprint density at radius 1 is 0.739 bits per heavy atom. The lowest BCUT2D eigenvalue weighted by molar-refractivity contribution is 0.349. The Morgan fingerprint density at radius 3 is 1.83 bits per heavy atom. The zero-order chi connectivity index (χ0) is 17.3. The maximum absolute atomic E-state index is 4.15. The van der Waals surface area contributed by atoms with E-state index >= 15 is 0 Å². The first-order valence-electron chi connectivity index (χ1n) is 8.74. The van der Waals surface area contributed by atoms with Crippen LogP contribution in [0.4, 0.5) is 0 Å². The first-order valence-corrected chi connectivity index (χ1v) is 8.74. The molecule has 0 fully saturated rings. The quantitative estimate of drug-likeness (QED) is 0.700. The Bertz CT molecular complexity index is 496. The third-order valence-electron chi connectivity index (χ3n) is 3.66. The Kier molecular flexibility index (Phi) is 7.60. The van der Waals surface area contributed by atoms with Crippen molar-refractivity contribution in [1.82, 2.24) is 14.3 Å². The van der Waals surface area contributed by atoms with Gasteiger partial charge in [-0.3, -0.25) is 4.68 Å². The summed E-state index contributed by atoms with van der Waals surface area (Å²) in [5.41, 5.74) is 0.900. The number of hydrogen-bond donors (Lipinski definition) is 0. The molecule has 2 rings (SSSR count). The van der Waals surface area contributed by atoms with Gasteiger partial charge in [-0.05, 0) is 48.3 Å². The number of aryl methyl sites for hydroxylation is 2. The lowest BCUT2D eigenvalue weighted by Gasteiger charge is -2.17. The van der Waals surface area contributed by atoms with Crippen molar-refractivity contribution in [3.63, 3.8) is 0 Å². The summed E-state index contributed by atoms with van der Waals surface area (Å²) >= 11 is 0. The summed E-state index contributed by atoms with van der Waals surface area (Å²) in [5, 5.41) is 4.15. The Morgan fingerprint density at radius 2 is 1.35 bits per heavy atom. The third-order valence-corrected chi connectivity index (χ3v) is 3.66. The van der Waals surface area contributed by atoms with Crippen LogP contribution in [0.15, 0.2) is 43.0 Å². The van der Waals surface area contributed by atoms with Crippen molar-refractivity contribution in [1.29, 1.82) is 0 Å². The number of hydrogen-bond acceptors (Lipinski definition) is 1. The molecule has 0 saturated heterocycles. The van der Waals surface area contributed by atoms with Crippen molar-refractivity contribution < 1.29 is 0 Å². The van der Waals surface area contributed by atoms with Gasteiger partial charge in [0.1, 0.15) is 0 Å². The SMILES string of the molecule is CC(C)(C)CCCn1cccn1.CC(C)(C)CCn1cccc1. The lowest BCUT2D eigenvalue weighted by atomic mass is 9.91. The smallest absolute Gasteiger partial charge is 0.0489 e. The summed E-state index contributed by atoms with van der Waals surface area (Å²) in [6.07, 6.45) is 11.8. The number of nitrogens with zero attached hydrogens (tertiary/aromatic N) is 3. The molecule has 0 aliphatic carbocycles. The van der Waals surface area contributed by atoms with Gasteiger partial charge in [0.15, 0.2) is 0 Å². The fourth-order valence-electron chi connectivity index (χ4n) is 2.19. The van der Waals surface area contributed by atoms with Crippen LogP contribution < -0.4 is 0 Å². The highest BCUT2D eigenvalue weighted by atomic mass is 15.3. The van der Waals surface area contributed by atoms with Gasteiger partial charge in [0, 0.05) is 37.9 Å². The molecule has 0 bridgehead atoms. The summed E-state index contributed by atoms with van der Waals surface area (Å²) in [7, 11) is 0. The van der Waals surface area contributed by atoms with Gasteiger partial charge in [-0.1, -0.05) is 41.5 Å². The predicted octanol–water partition coefficient (Wildman–Crippen LogP) is 5.63. The summed E-state index contributed by atoms with van der Waals surface area (Å²) in [4.78, 5) is 0. The van der Waals surface area contributed by atoms with Crippen molar-refractivity contribution >= 4 is 0 Å². The van der Waals surface area contributed by atoms with Gasteiger partial charge in [-0.15, -0.1) is 0 Å². The molecule has 130 valence electrons.